The van der Waals surface area contributed by atoms with E-state index in [1.807, 2.05) is 0 Å². The number of ether oxygens (including phenoxy) is 2. The smallest absolute Gasteiger partial charge is 0.350 e. The highest BCUT2D eigenvalue weighted by Gasteiger charge is 2.19. The third-order valence-electron chi connectivity index (χ3n) is 1.82. The van der Waals surface area contributed by atoms with Gasteiger partial charge < -0.3 is 14.8 Å². The average Bonchev–Trinajstić information content (AvgIpc) is 2.67. The molecule has 0 spiro atoms. The molecule has 1 rings (SSSR count). The summed E-state index contributed by atoms with van der Waals surface area (Å²) in [6.45, 7) is 2.22. The molecule has 5 nitrogen and oxygen atoms in total. The lowest BCUT2D eigenvalue weighted by Gasteiger charge is -2.06. The van der Waals surface area contributed by atoms with E-state index in [0.717, 1.165) is 0 Å². The van der Waals surface area contributed by atoms with E-state index >= 15 is 0 Å². The molecule has 94 valence electrons. The van der Waals surface area contributed by atoms with Crippen molar-refractivity contribution in [1.29, 1.82) is 0 Å². The van der Waals surface area contributed by atoms with Gasteiger partial charge in [-0.3, -0.25) is 4.79 Å². The molecule has 1 heterocycles. The number of nitrogens with one attached hydrogen (secondary N) is 1. The van der Waals surface area contributed by atoms with Crippen LogP contribution in [0.25, 0.3) is 0 Å². The van der Waals surface area contributed by atoms with Gasteiger partial charge in [0.15, 0.2) is 0 Å². The zero-order valence-electron chi connectivity index (χ0n) is 9.41. The van der Waals surface area contributed by atoms with Crippen LogP contribution in [-0.4, -0.2) is 32.2 Å². The summed E-state index contributed by atoms with van der Waals surface area (Å²) in [6, 6.07) is 0. The molecular weight excluding hydrogens is 310 g/mol. The van der Waals surface area contributed by atoms with Crippen LogP contribution in [0.1, 0.15) is 16.6 Å². The number of thiophene rings is 1. The summed E-state index contributed by atoms with van der Waals surface area (Å²) in [4.78, 5) is 23.3. The lowest BCUT2D eigenvalue weighted by Crippen LogP contribution is -2.19. The Kier molecular flexibility index (Phi) is 5.60. The molecule has 0 radical (unpaired) electrons. The van der Waals surface area contributed by atoms with Crippen LogP contribution in [0.4, 0.5) is 5.69 Å². The maximum atomic E-state index is 11.5. The third kappa shape index (κ3) is 3.79. The van der Waals surface area contributed by atoms with E-state index in [1.165, 1.54) is 18.4 Å². The number of amides is 1. The molecule has 0 atom stereocenters. The van der Waals surface area contributed by atoms with E-state index in [-0.39, 0.29) is 12.5 Å². The van der Waals surface area contributed by atoms with Crippen LogP contribution in [0.2, 0.25) is 0 Å². The number of rotatable bonds is 5. The van der Waals surface area contributed by atoms with E-state index in [1.54, 1.807) is 12.3 Å². The van der Waals surface area contributed by atoms with Gasteiger partial charge in [0.2, 0.25) is 5.91 Å². The standard InChI is InChI=1S/C10H12BrNO4S/c1-3-16-4-7(13)12-8-6(11)5-17-9(8)10(14)15-2/h5H,3-4H2,1-2H3,(H,12,13). The molecule has 1 amide bonds. The molecule has 0 aliphatic heterocycles. The Balaban J connectivity index is 2.79. The maximum absolute atomic E-state index is 11.5. The van der Waals surface area contributed by atoms with Crippen molar-refractivity contribution in [2.45, 2.75) is 6.92 Å². The normalized spacial score (nSPS) is 10.1. The fraction of sp³-hybridized carbons (Fsp3) is 0.400. The first-order chi connectivity index (χ1) is 8.10. The quantitative estimate of drug-likeness (QED) is 0.845. The number of hydrogen-bond acceptors (Lipinski definition) is 5. The average molecular weight is 322 g/mol. The minimum absolute atomic E-state index is 0.0423. The number of esters is 1. The minimum atomic E-state index is -0.479. The van der Waals surface area contributed by atoms with Gasteiger partial charge in [-0.15, -0.1) is 11.3 Å². The Morgan fingerprint density at radius 1 is 1.53 bits per heavy atom. The Hall–Kier alpha value is -0.920. The van der Waals surface area contributed by atoms with Gasteiger partial charge in [-0.25, -0.2) is 4.79 Å². The SMILES string of the molecule is CCOCC(=O)Nc1c(Br)csc1C(=O)OC. The van der Waals surface area contributed by atoms with Crippen molar-refractivity contribution < 1.29 is 19.1 Å². The summed E-state index contributed by atoms with van der Waals surface area (Å²) >= 11 is 4.46. The zero-order chi connectivity index (χ0) is 12.8. The monoisotopic (exact) mass is 321 g/mol. The second-order valence-corrected chi connectivity index (χ2v) is 4.70. The Bertz CT molecular complexity index is 418. The fourth-order valence-electron chi connectivity index (χ4n) is 1.07. The van der Waals surface area contributed by atoms with Gasteiger partial charge in [-0.2, -0.15) is 0 Å². The summed E-state index contributed by atoms with van der Waals surface area (Å²) in [5, 5.41) is 4.32. The Morgan fingerprint density at radius 3 is 2.82 bits per heavy atom. The van der Waals surface area contributed by atoms with Crippen molar-refractivity contribution in [3.63, 3.8) is 0 Å². The zero-order valence-corrected chi connectivity index (χ0v) is 11.8. The molecule has 0 aromatic carbocycles. The second-order valence-electron chi connectivity index (χ2n) is 2.96. The van der Waals surface area contributed by atoms with Gasteiger partial charge in [0.05, 0.1) is 17.3 Å². The number of methoxy groups -OCH3 is 1. The molecular formula is C10H12BrNO4S. The van der Waals surface area contributed by atoms with Crippen LogP contribution >= 0.6 is 27.3 Å². The summed E-state index contributed by atoms with van der Waals surface area (Å²) in [6.07, 6.45) is 0. The molecule has 7 heteroatoms. The molecule has 17 heavy (non-hydrogen) atoms. The predicted octanol–water partition coefficient (Wildman–Crippen LogP) is 2.27. The molecule has 0 unspecified atom stereocenters. The Morgan fingerprint density at radius 2 is 2.24 bits per heavy atom. The van der Waals surface area contributed by atoms with E-state index in [9.17, 15) is 9.59 Å². The minimum Gasteiger partial charge on any atom is -0.465 e. The number of anilines is 1. The number of hydrogen-bond donors (Lipinski definition) is 1. The van der Waals surface area contributed by atoms with Crippen molar-refractivity contribution in [2.24, 2.45) is 0 Å². The lowest BCUT2D eigenvalue weighted by molar-refractivity contribution is -0.120. The molecule has 0 saturated carbocycles. The first kappa shape index (κ1) is 14.1. The van der Waals surface area contributed by atoms with Gasteiger partial charge >= 0.3 is 5.97 Å². The van der Waals surface area contributed by atoms with E-state index < -0.39 is 5.97 Å². The van der Waals surface area contributed by atoms with E-state index in [2.05, 4.69) is 26.0 Å². The molecule has 1 aromatic rings. The van der Waals surface area contributed by atoms with Crippen molar-refractivity contribution >= 4 is 44.8 Å². The summed E-state index contributed by atoms with van der Waals surface area (Å²) in [5.74, 6) is -0.788. The van der Waals surface area contributed by atoms with Crippen molar-refractivity contribution in [2.75, 3.05) is 25.6 Å². The largest absolute Gasteiger partial charge is 0.465 e. The summed E-state index contributed by atoms with van der Waals surface area (Å²) in [7, 11) is 1.29. The van der Waals surface area contributed by atoms with E-state index in [0.29, 0.717) is 21.6 Å². The molecule has 0 saturated heterocycles. The van der Waals surface area contributed by atoms with Crippen LogP contribution in [0.15, 0.2) is 9.85 Å². The van der Waals surface area contributed by atoms with E-state index in [4.69, 9.17) is 4.74 Å². The Labute approximate surface area is 111 Å². The van der Waals surface area contributed by atoms with Crippen LogP contribution in [-0.2, 0) is 14.3 Å². The summed E-state index contributed by atoms with van der Waals surface area (Å²) < 4.78 is 10.2. The predicted molar refractivity (Wildman–Crippen MR) is 68.5 cm³/mol. The molecule has 0 aliphatic rings. The number of carbonyl (C=O) groups excluding carboxylic acids is 2. The van der Waals surface area contributed by atoms with Gasteiger partial charge in [-0.05, 0) is 22.9 Å². The molecule has 1 aromatic heterocycles. The lowest BCUT2D eigenvalue weighted by atomic mass is 10.4. The van der Waals surface area contributed by atoms with Crippen molar-refractivity contribution in [3.8, 4) is 0 Å². The third-order valence-corrected chi connectivity index (χ3v) is 3.71. The molecule has 0 aliphatic carbocycles. The second kappa shape index (κ2) is 6.73. The first-order valence-corrected chi connectivity index (χ1v) is 6.50. The topological polar surface area (TPSA) is 64.6 Å². The molecule has 0 bridgehead atoms. The maximum Gasteiger partial charge on any atom is 0.350 e. The first-order valence-electron chi connectivity index (χ1n) is 4.83. The highest BCUT2D eigenvalue weighted by atomic mass is 79.9. The van der Waals surface area contributed by atoms with Gasteiger partial charge in [0, 0.05) is 12.0 Å². The highest BCUT2D eigenvalue weighted by Crippen LogP contribution is 2.33. The van der Waals surface area contributed by atoms with Crippen LogP contribution in [0.3, 0.4) is 0 Å². The highest BCUT2D eigenvalue weighted by molar-refractivity contribution is 9.10. The van der Waals surface area contributed by atoms with Gasteiger partial charge in [0.1, 0.15) is 11.5 Å². The van der Waals surface area contributed by atoms with Crippen LogP contribution in [0, 0.1) is 0 Å². The van der Waals surface area contributed by atoms with Gasteiger partial charge in [0.25, 0.3) is 0 Å². The van der Waals surface area contributed by atoms with Crippen molar-refractivity contribution in [3.05, 3.63) is 14.7 Å². The number of halogens is 1. The van der Waals surface area contributed by atoms with Gasteiger partial charge in [-0.1, -0.05) is 0 Å². The van der Waals surface area contributed by atoms with Crippen LogP contribution in [0.5, 0.6) is 0 Å². The molecule has 0 fully saturated rings. The van der Waals surface area contributed by atoms with Crippen LogP contribution < -0.4 is 5.32 Å². The fourth-order valence-corrected chi connectivity index (χ4v) is 2.57. The van der Waals surface area contributed by atoms with Crippen molar-refractivity contribution in [1.82, 2.24) is 0 Å². The summed E-state index contributed by atoms with van der Waals surface area (Å²) in [5.41, 5.74) is 0.423. The molecule has 1 N–H and O–H groups in total. The number of carbonyl (C=O) groups is 2.